The van der Waals surface area contributed by atoms with E-state index in [-0.39, 0.29) is 36.2 Å². The normalized spacial score (nSPS) is 20.9. The van der Waals surface area contributed by atoms with Crippen molar-refractivity contribution >= 4 is 11.8 Å². The molecule has 1 aliphatic heterocycles. The smallest absolute Gasteiger partial charge is 0.271 e. The molecule has 0 radical (unpaired) electrons. The zero-order valence-corrected chi connectivity index (χ0v) is 15.4. The molecule has 1 aromatic carbocycles. The van der Waals surface area contributed by atoms with E-state index in [4.69, 9.17) is 0 Å². The van der Waals surface area contributed by atoms with Crippen LogP contribution in [0.15, 0.2) is 30.3 Å². The van der Waals surface area contributed by atoms with Gasteiger partial charge in [0.2, 0.25) is 0 Å². The predicted octanol–water partition coefficient (Wildman–Crippen LogP) is 1.37. The number of nitrogens with zero attached hydrogens (tertiary/aromatic N) is 2. The van der Waals surface area contributed by atoms with E-state index >= 15 is 0 Å². The first kappa shape index (κ1) is 18.6. The summed E-state index contributed by atoms with van der Waals surface area (Å²) in [5.41, 5.74) is 0.564. The Balaban J connectivity index is 1.53. The Bertz CT molecular complexity index is 905. The number of nitrogens with one attached hydrogen (secondary N) is 2. The molecule has 1 saturated carbocycles. The number of aliphatic hydroxyl groups excluding tert-OH is 1. The van der Waals surface area contributed by atoms with Crippen LogP contribution in [0.5, 0.6) is 0 Å². The van der Waals surface area contributed by atoms with E-state index in [0.717, 1.165) is 25.7 Å². The van der Waals surface area contributed by atoms with Crippen LogP contribution < -0.4 is 10.6 Å². The Labute approximate surface area is 161 Å². The SMILES string of the molecule is O=C(NCC1(c2ccccc2F)CCCC1)c1cc2n(n1)CC(O)CNC2=O. The number of aliphatic hydroxyl groups is 1. The molecule has 2 amide bonds. The Morgan fingerprint density at radius 1 is 1.36 bits per heavy atom. The van der Waals surface area contributed by atoms with Gasteiger partial charge < -0.3 is 15.7 Å². The molecular formula is C20H23FN4O3. The summed E-state index contributed by atoms with van der Waals surface area (Å²) in [4.78, 5) is 24.7. The average molecular weight is 386 g/mol. The molecule has 2 aliphatic rings. The van der Waals surface area contributed by atoms with E-state index in [1.54, 1.807) is 12.1 Å². The number of halogens is 1. The number of hydrogen-bond donors (Lipinski definition) is 3. The zero-order chi connectivity index (χ0) is 19.7. The lowest BCUT2D eigenvalue weighted by Crippen LogP contribution is -2.39. The van der Waals surface area contributed by atoms with Gasteiger partial charge in [-0.25, -0.2) is 4.39 Å². The second-order valence-electron chi connectivity index (χ2n) is 7.61. The summed E-state index contributed by atoms with van der Waals surface area (Å²) in [6.07, 6.45) is 2.83. The fourth-order valence-electron chi connectivity index (χ4n) is 4.24. The monoisotopic (exact) mass is 386 g/mol. The number of carbonyl (C=O) groups is 2. The zero-order valence-electron chi connectivity index (χ0n) is 15.4. The first-order valence-electron chi connectivity index (χ1n) is 9.56. The van der Waals surface area contributed by atoms with Crippen LogP contribution in [0.4, 0.5) is 4.39 Å². The van der Waals surface area contributed by atoms with Crippen LogP contribution in [0.3, 0.4) is 0 Å². The highest BCUT2D eigenvalue weighted by molar-refractivity contribution is 5.98. The van der Waals surface area contributed by atoms with Crippen LogP contribution in [-0.4, -0.2) is 45.9 Å². The first-order chi connectivity index (χ1) is 13.5. The number of β-amino-alcohol motifs (C(OH)–C–C–N with tert-alkyl or cyclic N) is 1. The Morgan fingerprint density at radius 2 is 2.11 bits per heavy atom. The first-order valence-corrected chi connectivity index (χ1v) is 9.56. The van der Waals surface area contributed by atoms with Crippen LogP contribution in [0.2, 0.25) is 0 Å². The van der Waals surface area contributed by atoms with Gasteiger partial charge in [0.05, 0.1) is 12.6 Å². The van der Waals surface area contributed by atoms with Crippen LogP contribution in [-0.2, 0) is 12.0 Å². The van der Waals surface area contributed by atoms with Gasteiger partial charge in [-0.05, 0) is 24.5 Å². The number of fused-ring (bicyclic) bond motifs is 1. The molecule has 3 N–H and O–H groups in total. The van der Waals surface area contributed by atoms with Gasteiger partial charge >= 0.3 is 0 Å². The van der Waals surface area contributed by atoms with Crippen molar-refractivity contribution in [2.75, 3.05) is 13.1 Å². The van der Waals surface area contributed by atoms with E-state index in [1.807, 2.05) is 6.07 Å². The van der Waals surface area contributed by atoms with E-state index < -0.39 is 17.4 Å². The summed E-state index contributed by atoms with van der Waals surface area (Å²) in [6.45, 7) is 0.596. The fourth-order valence-corrected chi connectivity index (χ4v) is 4.24. The van der Waals surface area contributed by atoms with Crippen LogP contribution in [0.1, 0.15) is 52.2 Å². The summed E-state index contributed by atoms with van der Waals surface area (Å²) < 4.78 is 15.8. The highest BCUT2D eigenvalue weighted by Gasteiger charge is 2.38. The molecule has 28 heavy (non-hydrogen) atoms. The maximum Gasteiger partial charge on any atom is 0.271 e. The highest BCUT2D eigenvalue weighted by Crippen LogP contribution is 2.41. The Kier molecular flexibility index (Phi) is 4.89. The number of rotatable bonds is 4. The van der Waals surface area contributed by atoms with Crippen molar-refractivity contribution in [1.29, 1.82) is 0 Å². The van der Waals surface area contributed by atoms with E-state index in [1.165, 1.54) is 16.8 Å². The number of aromatic nitrogens is 2. The summed E-state index contributed by atoms with van der Waals surface area (Å²) in [5, 5.41) is 19.5. The lowest BCUT2D eigenvalue weighted by Gasteiger charge is -2.30. The average Bonchev–Trinajstić information content (AvgIpc) is 3.30. The van der Waals surface area contributed by atoms with E-state index in [2.05, 4.69) is 15.7 Å². The lowest BCUT2D eigenvalue weighted by atomic mass is 9.78. The molecule has 7 nitrogen and oxygen atoms in total. The summed E-state index contributed by atoms with van der Waals surface area (Å²) in [5.74, 6) is -1.04. The Morgan fingerprint density at radius 3 is 2.86 bits per heavy atom. The fraction of sp³-hybridized carbons (Fsp3) is 0.450. The highest BCUT2D eigenvalue weighted by atomic mass is 19.1. The van der Waals surface area contributed by atoms with Gasteiger partial charge in [-0.15, -0.1) is 0 Å². The van der Waals surface area contributed by atoms with Gasteiger partial charge in [0, 0.05) is 24.6 Å². The molecule has 2 aromatic rings. The number of benzene rings is 1. The minimum atomic E-state index is -0.760. The van der Waals surface area contributed by atoms with E-state index in [9.17, 15) is 19.1 Å². The van der Waals surface area contributed by atoms with Crippen molar-refractivity contribution in [1.82, 2.24) is 20.4 Å². The molecule has 0 bridgehead atoms. The predicted molar refractivity (Wildman–Crippen MR) is 99.4 cm³/mol. The third kappa shape index (κ3) is 3.40. The van der Waals surface area contributed by atoms with Gasteiger partial charge in [-0.1, -0.05) is 31.0 Å². The summed E-state index contributed by atoms with van der Waals surface area (Å²) in [6, 6.07) is 8.15. The van der Waals surface area contributed by atoms with E-state index in [0.29, 0.717) is 12.1 Å². The topological polar surface area (TPSA) is 96.2 Å². The van der Waals surface area contributed by atoms with Crippen LogP contribution in [0.25, 0.3) is 0 Å². The molecule has 0 spiro atoms. The second kappa shape index (κ2) is 7.35. The van der Waals surface area contributed by atoms with Crippen molar-refractivity contribution < 1.29 is 19.1 Å². The summed E-state index contributed by atoms with van der Waals surface area (Å²) in [7, 11) is 0. The molecule has 1 unspecified atom stereocenters. The molecule has 2 heterocycles. The van der Waals surface area contributed by atoms with Crippen LogP contribution >= 0.6 is 0 Å². The quantitative estimate of drug-likeness (QED) is 0.739. The van der Waals surface area contributed by atoms with Gasteiger partial charge in [0.25, 0.3) is 11.8 Å². The van der Waals surface area contributed by atoms with Gasteiger partial charge in [-0.2, -0.15) is 5.10 Å². The number of hydrogen-bond acceptors (Lipinski definition) is 4. The lowest BCUT2D eigenvalue weighted by molar-refractivity contribution is 0.0931. The molecule has 1 aromatic heterocycles. The molecule has 1 atom stereocenters. The third-order valence-corrected chi connectivity index (χ3v) is 5.72. The maximum atomic E-state index is 14.4. The molecule has 0 saturated heterocycles. The molecule has 1 aliphatic carbocycles. The summed E-state index contributed by atoms with van der Waals surface area (Å²) >= 11 is 0. The maximum absolute atomic E-state index is 14.4. The van der Waals surface area contributed by atoms with Gasteiger partial charge in [0.15, 0.2) is 5.69 Å². The standard InChI is InChI=1S/C20H23FN4O3/c21-15-6-2-1-5-14(15)20(7-3-4-8-20)12-23-18(27)16-9-17-19(28)22-10-13(26)11-25(17)24-16/h1-2,5-6,9,13,26H,3-4,7-8,10-12H2,(H,22,28)(H,23,27). The van der Waals surface area contributed by atoms with Crippen molar-refractivity contribution in [3.63, 3.8) is 0 Å². The Hall–Kier alpha value is -2.74. The number of amides is 2. The van der Waals surface area contributed by atoms with Gasteiger partial charge in [0.1, 0.15) is 11.5 Å². The largest absolute Gasteiger partial charge is 0.389 e. The molecule has 4 rings (SSSR count). The van der Waals surface area contributed by atoms with Gasteiger partial charge in [-0.3, -0.25) is 14.3 Å². The molecular weight excluding hydrogens is 363 g/mol. The van der Waals surface area contributed by atoms with Crippen molar-refractivity contribution in [2.24, 2.45) is 0 Å². The second-order valence-corrected chi connectivity index (χ2v) is 7.61. The minimum Gasteiger partial charge on any atom is -0.389 e. The van der Waals surface area contributed by atoms with Crippen molar-refractivity contribution in [3.05, 3.63) is 53.1 Å². The van der Waals surface area contributed by atoms with Crippen molar-refractivity contribution in [2.45, 2.75) is 43.7 Å². The van der Waals surface area contributed by atoms with Crippen LogP contribution in [0, 0.1) is 5.82 Å². The minimum absolute atomic E-state index is 0.112. The molecule has 1 fully saturated rings. The molecule has 8 heteroatoms. The third-order valence-electron chi connectivity index (χ3n) is 5.72. The number of carbonyl (C=O) groups excluding carboxylic acids is 2. The van der Waals surface area contributed by atoms with Crippen molar-refractivity contribution in [3.8, 4) is 0 Å². The molecule has 148 valence electrons.